The van der Waals surface area contributed by atoms with Gasteiger partial charge >= 0.3 is 0 Å². The number of hydrogen-bond acceptors (Lipinski definition) is 2. The Hall–Kier alpha value is -0.0800. The van der Waals surface area contributed by atoms with Crippen molar-refractivity contribution < 1.29 is 0 Å². The minimum atomic E-state index is 0.176. The topological polar surface area (TPSA) is 29.3 Å². The number of piperidine rings is 1. The molecule has 84 valence electrons. The predicted octanol–water partition coefficient (Wildman–Crippen LogP) is 2.23. The van der Waals surface area contributed by atoms with Gasteiger partial charge in [-0.1, -0.05) is 20.3 Å². The lowest BCUT2D eigenvalue weighted by atomic mass is 9.87. The van der Waals surface area contributed by atoms with Gasteiger partial charge in [0, 0.05) is 18.1 Å². The van der Waals surface area contributed by atoms with Crippen LogP contribution in [0.5, 0.6) is 0 Å². The van der Waals surface area contributed by atoms with Crippen molar-refractivity contribution in [2.24, 2.45) is 11.7 Å². The molecule has 14 heavy (non-hydrogen) atoms. The highest BCUT2D eigenvalue weighted by atomic mass is 15.2. The van der Waals surface area contributed by atoms with E-state index in [-0.39, 0.29) is 5.54 Å². The van der Waals surface area contributed by atoms with Gasteiger partial charge in [-0.05, 0) is 39.2 Å². The average Bonchev–Trinajstić information content (AvgIpc) is 2.18. The van der Waals surface area contributed by atoms with E-state index < -0.39 is 0 Å². The highest BCUT2D eigenvalue weighted by molar-refractivity contribution is 4.90. The summed E-state index contributed by atoms with van der Waals surface area (Å²) in [6.07, 6.45) is 4.08. The third-order valence-electron chi connectivity index (χ3n) is 3.60. The average molecular weight is 198 g/mol. The van der Waals surface area contributed by atoms with Crippen molar-refractivity contribution in [3.8, 4) is 0 Å². The zero-order chi connectivity index (χ0) is 10.8. The van der Waals surface area contributed by atoms with E-state index in [2.05, 4.69) is 32.6 Å². The standard InChI is InChI=1S/C12H26N2/c1-10(2)11-7-5-6-8-14(11)12(3,4)9-13/h10-11H,5-9,13H2,1-4H3/t11-/m1/s1. The van der Waals surface area contributed by atoms with Crippen molar-refractivity contribution in [2.45, 2.75) is 58.5 Å². The third-order valence-corrected chi connectivity index (χ3v) is 3.60. The van der Waals surface area contributed by atoms with E-state index in [0.29, 0.717) is 0 Å². The fraction of sp³-hybridized carbons (Fsp3) is 1.00. The second kappa shape index (κ2) is 4.63. The first-order chi connectivity index (χ1) is 6.49. The molecule has 1 fully saturated rings. The molecule has 0 aromatic carbocycles. The molecule has 1 rings (SSSR count). The van der Waals surface area contributed by atoms with Crippen LogP contribution >= 0.6 is 0 Å². The Bertz CT molecular complexity index is 175. The molecule has 0 spiro atoms. The maximum Gasteiger partial charge on any atom is 0.0278 e. The lowest BCUT2D eigenvalue weighted by Crippen LogP contribution is -2.57. The summed E-state index contributed by atoms with van der Waals surface area (Å²) in [6.45, 7) is 11.2. The van der Waals surface area contributed by atoms with Crippen molar-refractivity contribution in [3.05, 3.63) is 0 Å². The van der Waals surface area contributed by atoms with Crippen LogP contribution in [0.3, 0.4) is 0 Å². The molecule has 0 aromatic rings. The van der Waals surface area contributed by atoms with E-state index in [1.165, 1.54) is 25.8 Å². The first-order valence-corrected chi connectivity index (χ1v) is 5.96. The van der Waals surface area contributed by atoms with Gasteiger partial charge in [-0.3, -0.25) is 4.90 Å². The summed E-state index contributed by atoms with van der Waals surface area (Å²) < 4.78 is 0. The van der Waals surface area contributed by atoms with Crippen LogP contribution in [0.15, 0.2) is 0 Å². The van der Waals surface area contributed by atoms with Gasteiger partial charge in [-0.15, -0.1) is 0 Å². The van der Waals surface area contributed by atoms with Crippen LogP contribution in [-0.4, -0.2) is 29.6 Å². The predicted molar refractivity (Wildman–Crippen MR) is 62.3 cm³/mol. The summed E-state index contributed by atoms with van der Waals surface area (Å²) >= 11 is 0. The molecule has 0 radical (unpaired) electrons. The fourth-order valence-corrected chi connectivity index (χ4v) is 2.52. The molecule has 0 bridgehead atoms. The van der Waals surface area contributed by atoms with Gasteiger partial charge in [-0.2, -0.15) is 0 Å². The van der Waals surface area contributed by atoms with Crippen molar-refractivity contribution in [2.75, 3.05) is 13.1 Å². The van der Waals surface area contributed by atoms with Gasteiger partial charge < -0.3 is 5.73 Å². The van der Waals surface area contributed by atoms with E-state index in [0.717, 1.165) is 18.5 Å². The van der Waals surface area contributed by atoms with Crippen molar-refractivity contribution in [1.29, 1.82) is 0 Å². The summed E-state index contributed by atoms with van der Waals surface area (Å²) in [7, 11) is 0. The van der Waals surface area contributed by atoms with E-state index in [4.69, 9.17) is 5.73 Å². The van der Waals surface area contributed by atoms with Crippen molar-refractivity contribution >= 4 is 0 Å². The zero-order valence-corrected chi connectivity index (χ0v) is 10.2. The lowest BCUT2D eigenvalue weighted by Gasteiger charge is -2.47. The van der Waals surface area contributed by atoms with Gasteiger partial charge in [0.05, 0.1) is 0 Å². The zero-order valence-electron chi connectivity index (χ0n) is 10.2. The van der Waals surface area contributed by atoms with Gasteiger partial charge in [0.1, 0.15) is 0 Å². The van der Waals surface area contributed by atoms with Crippen LogP contribution in [0.1, 0.15) is 47.0 Å². The summed E-state index contributed by atoms with van der Waals surface area (Å²) in [5.41, 5.74) is 6.03. The Morgan fingerprint density at radius 2 is 2.00 bits per heavy atom. The quantitative estimate of drug-likeness (QED) is 0.753. The van der Waals surface area contributed by atoms with Gasteiger partial charge in [-0.25, -0.2) is 0 Å². The maximum absolute atomic E-state index is 5.86. The molecule has 0 saturated carbocycles. The molecular formula is C12H26N2. The molecule has 0 aromatic heterocycles. The molecule has 1 atom stereocenters. The molecule has 1 saturated heterocycles. The van der Waals surface area contributed by atoms with E-state index in [1.54, 1.807) is 0 Å². The summed E-state index contributed by atoms with van der Waals surface area (Å²) in [5.74, 6) is 0.751. The Kier molecular flexibility index (Phi) is 3.96. The van der Waals surface area contributed by atoms with Crippen LogP contribution in [0.4, 0.5) is 0 Å². The second-order valence-electron chi connectivity index (χ2n) is 5.52. The van der Waals surface area contributed by atoms with E-state index >= 15 is 0 Å². The molecule has 2 N–H and O–H groups in total. The number of hydrogen-bond donors (Lipinski definition) is 1. The van der Waals surface area contributed by atoms with Crippen molar-refractivity contribution in [3.63, 3.8) is 0 Å². The Balaban J connectivity index is 2.72. The Morgan fingerprint density at radius 1 is 1.36 bits per heavy atom. The monoisotopic (exact) mass is 198 g/mol. The molecular weight excluding hydrogens is 172 g/mol. The number of rotatable bonds is 3. The first kappa shape index (κ1) is 12.0. The SMILES string of the molecule is CC(C)[C@H]1CCCCN1C(C)(C)CN. The minimum absolute atomic E-state index is 0.176. The summed E-state index contributed by atoms with van der Waals surface area (Å²) in [5, 5.41) is 0. The lowest BCUT2D eigenvalue weighted by molar-refractivity contribution is 0.0226. The molecule has 2 heteroatoms. The van der Waals surface area contributed by atoms with E-state index in [9.17, 15) is 0 Å². The van der Waals surface area contributed by atoms with Gasteiger partial charge in [0.15, 0.2) is 0 Å². The first-order valence-electron chi connectivity index (χ1n) is 5.96. The molecule has 2 nitrogen and oxygen atoms in total. The molecule has 1 heterocycles. The molecule has 0 amide bonds. The molecule has 0 aliphatic carbocycles. The van der Waals surface area contributed by atoms with Crippen molar-refractivity contribution in [1.82, 2.24) is 4.90 Å². The van der Waals surface area contributed by atoms with Crippen LogP contribution in [-0.2, 0) is 0 Å². The van der Waals surface area contributed by atoms with Crippen LogP contribution < -0.4 is 5.73 Å². The molecule has 1 aliphatic heterocycles. The van der Waals surface area contributed by atoms with Gasteiger partial charge in [0.2, 0.25) is 0 Å². The fourth-order valence-electron chi connectivity index (χ4n) is 2.52. The number of nitrogens with two attached hydrogens (primary N) is 1. The second-order valence-corrected chi connectivity index (χ2v) is 5.52. The van der Waals surface area contributed by atoms with Crippen LogP contribution in [0.2, 0.25) is 0 Å². The van der Waals surface area contributed by atoms with Gasteiger partial charge in [0.25, 0.3) is 0 Å². The largest absolute Gasteiger partial charge is 0.329 e. The summed E-state index contributed by atoms with van der Waals surface area (Å²) in [4.78, 5) is 2.63. The number of likely N-dealkylation sites (tertiary alicyclic amines) is 1. The third kappa shape index (κ3) is 2.48. The Labute approximate surface area is 88.8 Å². The van der Waals surface area contributed by atoms with E-state index in [1.807, 2.05) is 0 Å². The molecule has 0 unspecified atom stereocenters. The maximum atomic E-state index is 5.86. The Morgan fingerprint density at radius 3 is 2.50 bits per heavy atom. The smallest absolute Gasteiger partial charge is 0.0278 e. The highest BCUT2D eigenvalue weighted by Crippen LogP contribution is 2.29. The summed E-state index contributed by atoms with van der Waals surface area (Å²) in [6, 6.07) is 0.738. The van der Waals surface area contributed by atoms with Crippen LogP contribution in [0, 0.1) is 5.92 Å². The number of nitrogens with zero attached hydrogens (tertiary/aromatic N) is 1. The van der Waals surface area contributed by atoms with Crippen LogP contribution in [0.25, 0.3) is 0 Å². The highest BCUT2D eigenvalue weighted by Gasteiger charge is 2.34. The molecule has 1 aliphatic rings. The normalized spacial score (nSPS) is 25.7. The minimum Gasteiger partial charge on any atom is -0.329 e.